The van der Waals surface area contributed by atoms with Gasteiger partial charge < -0.3 is 9.84 Å². The molecule has 0 aliphatic heterocycles. The number of aryl methyl sites for hydroxylation is 1. The minimum Gasteiger partial charge on any atom is -0.487 e. The number of hydrogen-bond acceptors (Lipinski definition) is 3. The Bertz CT molecular complexity index is 538. The molecule has 1 heterocycles. The number of halogens is 1. The molecule has 18 heavy (non-hydrogen) atoms. The second-order valence-electron chi connectivity index (χ2n) is 4.13. The van der Waals surface area contributed by atoms with E-state index in [9.17, 15) is 5.11 Å². The molecular weight excluding hydrogens is 296 g/mol. The van der Waals surface area contributed by atoms with E-state index >= 15 is 0 Å². The molecule has 2 rings (SSSR count). The van der Waals surface area contributed by atoms with Crippen LogP contribution in [0.2, 0.25) is 0 Å². The number of aromatic nitrogens is 2. The predicted molar refractivity (Wildman–Crippen MR) is 72.3 cm³/mol. The van der Waals surface area contributed by atoms with Crippen molar-refractivity contribution in [1.29, 1.82) is 0 Å². The monoisotopic (exact) mass is 310 g/mol. The van der Waals surface area contributed by atoms with Gasteiger partial charge in [-0.2, -0.15) is 5.10 Å². The van der Waals surface area contributed by atoms with Gasteiger partial charge in [-0.05, 0) is 31.2 Å². The van der Waals surface area contributed by atoms with Gasteiger partial charge >= 0.3 is 0 Å². The van der Waals surface area contributed by atoms with Crippen molar-refractivity contribution in [2.45, 2.75) is 19.6 Å². The number of aliphatic hydroxyl groups is 1. The summed E-state index contributed by atoms with van der Waals surface area (Å²) in [5.74, 6) is 0.679. The largest absolute Gasteiger partial charge is 0.487 e. The number of benzene rings is 1. The van der Waals surface area contributed by atoms with Crippen molar-refractivity contribution in [2.75, 3.05) is 0 Å². The fourth-order valence-electron chi connectivity index (χ4n) is 1.67. The van der Waals surface area contributed by atoms with Crippen molar-refractivity contribution in [2.24, 2.45) is 7.05 Å². The minimum absolute atomic E-state index is 0.391. The topological polar surface area (TPSA) is 47.3 Å². The van der Waals surface area contributed by atoms with Gasteiger partial charge in [-0.3, -0.25) is 4.68 Å². The zero-order valence-corrected chi connectivity index (χ0v) is 11.9. The van der Waals surface area contributed by atoms with Crippen LogP contribution in [0.3, 0.4) is 0 Å². The van der Waals surface area contributed by atoms with Crippen molar-refractivity contribution in [3.05, 3.63) is 46.2 Å². The van der Waals surface area contributed by atoms with Crippen LogP contribution in [0.1, 0.15) is 24.3 Å². The molecule has 1 unspecified atom stereocenters. The Morgan fingerprint density at radius 3 is 2.83 bits per heavy atom. The Balaban J connectivity index is 2.13. The number of rotatable bonds is 4. The van der Waals surface area contributed by atoms with Crippen molar-refractivity contribution in [3.8, 4) is 5.75 Å². The molecule has 4 nitrogen and oxygen atoms in total. The van der Waals surface area contributed by atoms with E-state index in [1.807, 2.05) is 37.5 Å². The van der Waals surface area contributed by atoms with E-state index in [1.54, 1.807) is 11.6 Å². The van der Waals surface area contributed by atoms with Crippen molar-refractivity contribution < 1.29 is 9.84 Å². The Labute approximate surface area is 114 Å². The maximum atomic E-state index is 9.71. The summed E-state index contributed by atoms with van der Waals surface area (Å²) in [5.41, 5.74) is 1.62. The van der Waals surface area contributed by atoms with Gasteiger partial charge in [0.2, 0.25) is 0 Å². The van der Waals surface area contributed by atoms with Crippen LogP contribution in [0.4, 0.5) is 0 Å². The Morgan fingerprint density at radius 1 is 1.44 bits per heavy atom. The zero-order valence-electron chi connectivity index (χ0n) is 10.3. The van der Waals surface area contributed by atoms with Crippen LogP contribution in [-0.2, 0) is 13.7 Å². The number of nitrogens with zero attached hydrogens (tertiary/aromatic N) is 2. The smallest absolute Gasteiger partial charge is 0.132 e. The second kappa shape index (κ2) is 5.54. The van der Waals surface area contributed by atoms with Gasteiger partial charge in [0.25, 0.3) is 0 Å². The highest BCUT2D eigenvalue weighted by atomic mass is 79.9. The SMILES string of the molecule is CC(O)c1cc(Br)ccc1OCc1ccn(C)n1. The maximum Gasteiger partial charge on any atom is 0.132 e. The van der Waals surface area contributed by atoms with Crippen LogP contribution in [0, 0.1) is 0 Å². The van der Waals surface area contributed by atoms with Crippen LogP contribution in [0.5, 0.6) is 5.75 Å². The highest BCUT2D eigenvalue weighted by Crippen LogP contribution is 2.28. The molecule has 1 atom stereocenters. The highest BCUT2D eigenvalue weighted by Gasteiger charge is 2.10. The molecule has 0 saturated heterocycles. The third-order valence-corrected chi connectivity index (χ3v) is 3.06. The zero-order chi connectivity index (χ0) is 13.1. The van der Waals surface area contributed by atoms with Crippen LogP contribution < -0.4 is 4.74 Å². The van der Waals surface area contributed by atoms with E-state index in [0.717, 1.165) is 15.7 Å². The minimum atomic E-state index is -0.568. The van der Waals surface area contributed by atoms with E-state index in [2.05, 4.69) is 21.0 Å². The van der Waals surface area contributed by atoms with Crippen molar-refractivity contribution in [1.82, 2.24) is 9.78 Å². The third kappa shape index (κ3) is 3.11. The summed E-state index contributed by atoms with van der Waals surface area (Å²) in [6, 6.07) is 7.49. The van der Waals surface area contributed by atoms with E-state index in [1.165, 1.54) is 0 Å². The van der Waals surface area contributed by atoms with Crippen LogP contribution in [-0.4, -0.2) is 14.9 Å². The lowest BCUT2D eigenvalue weighted by atomic mass is 10.1. The molecule has 1 aromatic heterocycles. The molecule has 5 heteroatoms. The lowest BCUT2D eigenvalue weighted by molar-refractivity contribution is 0.189. The first-order valence-electron chi connectivity index (χ1n) is 5.65. The summed E-state index contributed by atoms with van der Waals surface area (Å²) in [4.78, 5) is 0. The molecule has 96 valence electrons. The summed E-state index contributed by atoms with van der Waals surface area (Å²) in [7, 11) is 1.87. The standard InChI is InChI=1S/C13H15BrN2O2/c1-9(17)12-7-10(14)3-4-13(12)18-8-11-5-6-16(2)15-11/h3-7,9,17H,8H2,1-2H3. The molecule has 1 aromatic carbocycles. The molecule has 2 aromatic rings. The molecule has 0 saturated carbocycles. The van der Waals surface area contributed by atoms with Gasteiger partial charge in [-0.1, -0.05) is 15.9 Å². The van der Waals surface area contributed by atoms with E-state index in [-0.39, 0.29) is 0 Å². The quantitative estimate of drug-likeness (QED) is 0.944. The third-order valence-electron chi connectivity index (χ3n) is 2.57. The lowest BCUT2D eigenvalue weighted by Gasteiger charge is -2.13. The summed E-state index contributed by atoms with van der Waals surface area (Å²) >= 11 is 3.38. The number of ether oxygens (including phenoxy) is 1. The summed E-state index contributed by atoms with van der Waals surface area (Å²) < 4.78 is 8.35. The van der Waals surface area contributed by atoms with E-state index in [0.29, 0.717) is 12.4 Å². The average Bonchev–Trinajstić information content (AvgIpc) is 2.73. The van der Waals surface area contributed by atoms with Gasteiger partial charge in [-0.15, -0.1) is 0 Å². The fraction of sp³-hybridized carbons (Fsp3) is 0.308. The molecule has 0 radical (unpaired) electrons. The van der Waals surface area contributed by atoms with Crippen LogP contribution >= 0.6 is 15.9 Å². The van der Waals surface area contributed by atoms with Gasteiger partial charge in [0, 0.05) is 23.3 Å². The van der Waals surface area contributed by atoms with E-state index < -0.39 is 6.10 Å². The van der Waals surface area contributed by atoms with E-state index in [4.69, 9.17) is 4.74 Å². The molecule has 0 amide bonds. The predicted octanol–water partition coefficient (Wildman–Crippen LogP) is 2.81. The summed E-state index contributed by atoms with van der Waals surface area (Å²) in [6.45, 7) is 2.11. The first-order chi connectivity index (χ1) is 8.56. The Kier molecular flexibility index (Phi) is 4.04. The first-order valence-corrected chi connectivity index (χ1v) is 6.44. The van der Waals surface area contributed by atoms with Crippen molar-refractivity contribution in [3.63, 3.8) is 0 Å². The molecule has 0 spiro atoms. The summed E-state index contributed by atoms with van der Waals surface area (Å²) in [5, 5.41) is 13.9. The maximum absolute atomic E-state index is 9.71. The molecule has 0 bridgehead atoms. The average molecular weight is 311 g/mol. The second-order valence-corrected chi connectivity index (χ2v) is 5.04. The number of aliphatic hydroxyl groups excluding tert-OH is 1. The Morgan fingerprint density at radius 2 is 2.22 bits per heavy atom. The van der Waals surface area contributed by atoms with Crippen LogP contribution in [0.15, 0.2) is 34.9 Å². The molecule has 1 N–H and O–H groups in total. The fourth-order valence-corrected chi connectivity index (χ4v) is 2.05. The van der Waals surface area contributed by atoms with Gasteiger partial charge in [0.05, 0.1) is 11.8 Å². The van der Waals surface area contributed by atoms with Gasteiger partial charge in [0.15, 0.2) is 0 Å². The first kappa shape index (κ1) is 13.1. The lowest BCUT2D eigenvalue weighted by Crippen LogP contribution is -2.02. The van der Waals surface area contributed by atoms with Crippen LogP contribution in [0.25, 0.3) is 0 Å². The van der Waals surface area contributed by atoms with Crippen molar-refractivity contribution >= 4 is 15.9 Å². The van der Waals surface area contributed by atoms with Gasteiger partial charge in [0.1, 0.15) is 12.4 Å². The number of hydrogen-bond donors (Lipinski definition) is 1. The Hall–Kier alpha value is -1.33. The molecular formula is C13H15BrN2O2. The highest BCUT2D eigenvalue weighted by molar-refractivity contribution is 9.10. The normalized spacial score (nSPS) is 12.4. The molecule has 0 fully saturated rings. The summed E-state index contributed by atoms with van der Waals surface area (Å²) in [6.07, 6.45) is 1.30. The molecule has 0 aliphatic rings. The molecule has 0 aliphatic carbocycles. The van der Waals surface area contributed by atoms with Gasteiger partial charge in [-0.25, -0.2) is 0 Å².